The highest BCUT2D eigenvalue weighted by Gasteiger charge is 2.35. The van der Waals surface area contributed by atoms with Gasteiger partial charge >= 0.3 is 0 Å². The molecule has 1 rings (SSSR count). The molecule has 1 saturated carbocycles. The summed E-state index contributed by atoms with van der Waals surface area (Å²) in [6.07, 6.45) is 5.97. The highest BCUT2D eigenvalue weighted by molar-refractivity contribution is 5.78. The molecule has 0 unspecified atom stereocenters. The Hall–Kier alpha value is -0.610. The van der Waals surface area contributed by atoms with E-state index in [1.165, 1.54) is 19.3 Å². The monoisotopic (exact) mass is 255 g/mol. The number of amides is 1. The van der Waals surface area contributed by atoms with Crippen LogP contribution in [0.15, 0.2) is 0 Å². The quantitative estimate of drug-likeness (QED) is 0.800. The first kappa shape index (κ1) is 15.4. The van der Waals surface area contributed by atoms with Crippen molar-refractivity contribution < 1.29 is 4.79 Å². The fraction of sp³-hybridized carbons (Fsp3) is 0.929. The lowest BCUT2D eigenvalue weighted by atomic mass is 9.80. The van der Waals surface area contributed by atoms with Gasteiger partial charge in [-0.2, -0.15) is 0 Å². The second-order valence-electron chi connectivity index (χ2n) is 6.64. The molecule has 0 saturated heterocycles. The van der Waals surface area contributed by atoms with E-state index < -0.39 is 0 Å². The second-order valence-corrected chi connectivity index (χ2v) is 6.64. The summed E-state index contributed by atoms with van der Waals surface area (Å²) in [4.78, 5) is 14.1. The topological polar surface area (TPSA) is 58.4 Å². The van der Waals surface area contributed by atoms with E-state index in [1.807, 2.05) is 27.8 Å². The van der Waals surface area contributed by atoms with Gasteiger partial charge in [-0.15, -0.1) is 0 Å². The number of nitrogens with zero attached hydrogens (tertiary/aromatic N) is 1. The summed E-state index contributed by atoms with van der Waals surface area (Å²) < 4.78 is 0. The first-order valence-electron chi connectivity index (χ1n) is 7.01. The van der Waals surface area contributed by atoms with E-state index in [-0.39, 0.29) is 17.0 Å². The van der Waals surface area contributed by atoms with Crippen molar-refractivity contribution in [3.63, 3.8) is 0 Å². The van der Waals surface area contributed by atoms with Gasteiger partial charge in [-0.25, -0.2) is 0 Å². The summed E-state index contributed by atoms with van der Waals surface area (Å²) in [5.74, 6) is 0.0865. The first-order valence-corrected chi connectivity index (χ1v) is 7.01. The van der Waals surface area contributed by atoms with Crippen LogP contribution in [0.3, 0.4) is 0 Å². The minimum atomic E-state index is -0.166. The van der Waals surface area contributed by atoms with E-state index in [4.69, 9.17) is 5.73 Å². The molecule has 0 aromatic rings. The lowest BCUT2D eigenvalue weighted by molar-refractivity contribution is -0.125. The third-order valence-corrected chi connectivity index (χ3v) is 3.87. The molecule has 3 N–H and O–H groups in total. The molecule has 1 aliphatic carbocycles. The van der Waals surface area contributed by atoms with Gasteiger partial charge in [0.1, 0.15) is 0 Å². The van der Waals surface area contributed by atoms with E-state index in [0.717, 1.165) is 12.8 Å². The summed E-state index contributed by atoms with van der Waals surface area (Å²) in [7, 11) is 2.03. The van der Waals surface area contributed by atoms with Crippen molar-refractivity contribution in [2.45, 2.75) is 64.0 Å². The molecule has 1 aliphatic rings. The van der Waals surface area contributed by atoms with Crippen LogP contribution in [0.2, 0.25) is 0 Å². The maximum Gasteiger partial charge on any atom is 0.234 e. The summed E-state index contributed by atoms with van der Waals surface area (Å²) in [6.45, 7) is 7.10. The van der Waals surface area contributed by atoms with E-state index in [1.54, 1.807) is 0 Å². The van der Waals surface area contributed by atoms with Crippen LogP contribution < -0.4 is 11.1 Å². The maximum absolute atomic E-state index is 12.0. The van der Waals surface area contributed by atoms with Crippen LogP contribution in [0.25, 0.3) is 0 Å². The molecule has 1 fully saturated rings. The van der Waals surface area contributed by atoms with Crippen LogP contribution in [-0.2, 0) is 4.79 Å². The normalized spacial score (nSPS) is 19.9. The van der Waals surface area contributed by atoms with Crippen LogP contribution in [0, 0.1) is 0 Å². The molecule has 4 heteroatoms. The van der Waals surface area contributed by atoms with Crippen molar-refractivity contribution in [2.24, 2.45) is 5.73 Å². The number of carbonyl (C=O) groups is 1. The number of likely N-dealkylation sites (N-methyl/N-ethyl adjacent to an activating group) is 1. The Morgan fingerprint density at radius 1 is 1.28 bits per heavy atom. The van der Waals surface area contributed by atoms with Crippen molar-refractivity contribution in [2.75, 3.05) is 20.1 Å². The van der Waals surface area contributed by atoms with Crippen LogP contribution in [-0.4, -0.2) is 42.0 Å². The Morgan fingerprint density at radius 3 is 2.28 bits per heavy atom. The highest BCUT2D eigenvalue weighted by Crippen LogP contribution is 2.31. The lowest BCUT2D eigenvalue weighted by Crippen LogP contribution is -2.56. The summed E-state index contributed by atoms with van der Waals surface area (Å²) in [6, 6.07) is 0. The third-order valence-electron chi connectivity index (χ3n) is 3.87. The van der Waals surface area contributed by atoms with Gasteiger partial charge < -0.3 is 11.1 Å². The lowest BCUT2D eigenvalue weighted by Gasteiger charge is -2.44. The minimum Gasteiger partial charge on any atom is -0.350 e. The van der Waals surface area contributed by atoms with Gasteiger partial charge in [-0.3, -0.25) is 9.69 Å². The average Bonchev–Trinajstić information content (AvgIpc) is 2.27. The van der Waals surface area contributed by atoms with Gasteiger partial charge in [0.05, 0.1) is 6.54 Å². The van der Waals surface area contributed by atoms with Crippen molar-refractivity contribution in [3.8, 4) is 0 Å². The second kappa shape index (κ2) is 6.02. The predicted molar refractivity (Wildman–Crippen MR) is 75.4 cm³/mol. The van der Waals surface area contributed by atoms with Crippen molar-refractivity contribution >= 4 is 5.91 Å². The van der Waals surface area contributed by atoms with Crippen LogP contribution in [0.1, 0.15) is 52.9 Å². The van der Waals surface area contributed by atoms with E-state index in [2.05, 4.69) is 10.2 Å². The summed E-state index contributed by atoms with van der Waals surface area (Å²) >= 11 is 0. The molecule has 0 radical (unpaired) electrons. The van der Waals surface area contributed by atoms with Gasteiger partial charge in [0, 0.05) is 17.6 Å². The zero-order valence-corrected chi connectivity index (χ0v) is 12.4. The van der Waals surface area contributed by atoms with Gasteiger partial charge in [-0.1, -0.05) is 19.3 Å². The standard InChI is InChI=1S/C14H29N3O/c1-13(2,3)16-12(18)10-17(4)14(11-15)8-6-5-7-9-14/h5-11,15H2,1-4H3,(H,16,18). The molecule has 0 atom stereocenters. The number of nitrogens with two attached hydrogens (primary N) is 1. The fourth-order valence-electron chi connectivity index (χ4n) is 2.79. The predicted octanol–water partition coefficient (Wildman–Crippen LogP) is 1.49. The molecule has 0 spiro atoms. The Bertz CT molecular complexity index is 277. The third kappa shape index (κ3) is 4.25. The van der Waals surface area contributed by atoms with Gasteiger partial charge in [0.25, 0.3) is 0 Å². The first-order chi connectivity index (χ1) is 8.29. The number of nitrogens with one attached hydrogen (secondary N) is 1. The highest BCUT2D eigenvalue weighted by atomic mass is 16.2. The van der Waals surface area contributed by atoms with E-state index in [9.17, 15) is 4.79 Å². The van der Waals surface area contributed by atoms with E-state index >= 15 is 0 Å². The van der Waals surface area contributed by atoms with Crippen molar-refractivity contribution in [3.05, 3.63) is 0 Å². The van der Waals surface area contributed by atoms with E-state index in [0.29, 0.717) is 13.1 Å². The Balaban J connectivity index is 2.57. The number of hydrogen-bond donors (Lipinski definition) is 2. The summed E-state index contributed by atoms with van der Waals surface area (Å²) in [5, 5.41) is 3.01. The van der Waals surface area contributed by atoms with Crippen LogP contribution in [0.4, 0.5) is 0 Å². The Kier molecular flexibility index (Phi) is 5.17. The molecule has 0 aromatic heterocycles. The molecular weight excluding hydrogens is 226 g/mol. The van der Waals surface area contributed by atoms with Crippen LogP contribution >= 0.6 is 0 Å². The average molecular weight is 255 g/mol. The zero-order chi connectivity index (χ0) is 13.8. The van der Waals surface area contributed by atoms with Crippen molar-refractivity contribution in [1.82, 2.24) is 10.2 Å². The largest absolute Gasteiger partial charge is 0.350 e. The Labute approximate surface area is 111 Å². The number of carbonyl (C=O) groups excluding carboxylic acids is 1. The van der Waals surface area contributed by atoms with Crippen LogP contribution in [0.5, 0.6) is 0 Å². The SMILES string of the molecule is CN(CC(=O)NC(C)(C)C)C1(CN)CCCCC1. The van der Waals surface area contributed by atoms with Gasteiger partial charge in [-0.05, 0) is 40.7 Å². The smallest absolute Gasteiger partial charge is 0.234 e. The fourth-order valence-corrected chi connectivity index (χ4v) is 2.79. The molecule has 18 heavy (non-hydrogen) atoms. The molecule has 0 aliphatic heterocycles. The zero-order valence-electron chi connectivity index (χ0n) is 12.4. The molecule has 1 amide bonds. The van der Waals surface area contributed by atoms with Crippen molar-refractivity contribution in [1.29, 1.82) is 0 Å². The molecule has 106 valence electrons. The maximum atomic E-state index is 12.0. The number of hydrogen-bond acceptors (Lipinski definition) is 3. The molecule has 0 bridgehead atoms. The number of rotatable bonds is 4. The molecule has 0 aromatic carbocycles. The Morgan fingerprint density at radius 2 is 1.83 bits per heavy atom. The van der Waals surface area contributed by atoms with Gasteiger partial charge in [0.15, 0.2) is 0 Å². The minimum absolute atomic E-state index is 0.0352. The molecular formula is C14H29N3O. The molecule has 0 heterocycles. The summed E-state index contributed by atoms with van der Waals surface area (Å²) in [5.41, 5.74) is 5.84. The van der Waals surface area contributed by atoms with Gasteiger partial charge in [0.2, 0.25) is 5.91 Å². The molecule has 4 nitrogen and oxygen atoms in total.